The normalized spacial score (nSPS) is 12.4. The van der Waals surface area contributed by atoms with Crippen molar-refractivity contribution in [3.63, 3.8) is 0 Å². The first-order valence-electron chi connectivity index (χ1n) is 6.62. The number of rotatable bonds is 5. The van der Waals surface area contributed by atoms with Crippen LogP contribution in [-0.2, 0) is 6.54 Å². The van der Waals surface area contributed by atoms with E-state index in [2.05, 4.69) is 74.0 Å². The van der Waals surface area contributed by atoms with E-state index < -0.39 is 0 Å². The maximum Gasteiger partial charge on any atom is 0.0294 e. The molecular weight excluding hydrogens is 250 g/mol. The van der Waals surface area contributed by atoms with Gasteiger partial charge in [-0.3, -0.25) is 0 Å². The zero-order valence-electron chi connectivity index (χ0n) is 11.8. The van der Waals surface area contributed by atoms with Gasteiger partial charge in [0.05, 0.1) is 0 Å². The van der Waals surface area contributed by atoms with Gasteiger partial charge in [0, 0.05) is 17.5 Å². The molecule has 1 unspecified atom stereocenters. The summed E-state index contributed by atoms with van der Waals surface area (Å²) in [7, 11) is 0. The lowest BCUT2D eigenvalue weighted by Gasteiger charge is -2.14. The Morgan fingerprint density at radius 1 is 1.00 bits per heavy atom. The maximum absolute atomic E-state index is 3.57. The molecule has 2 aromatic carbocycles. The average Bonchev–Trinajstić information content (AvgIpc) is 2.46. The van der Waals surface area contributed by atoms with Crippen molar-refractivity contribution in [2.75, 3.05) is 6.26 Å². The molecule has 0 saturated heterocycles. The summed E-state index contributed by atoms with van der Waals surface area (Å²) in [5, 5.41) is 3.57. The van der Waals surface area contributed by atoms with Gasteiger partial charge in [-0.25, -0.2) is 0 Å². The van der Waals surface area contributed by atoms with Crippen LogP contribution in [0.5, 0.6) is 0 Å². The molecule has 2 aromatic rings. The second-order valence-corrected chi connectivity index (χ2v) is 5.74. The van der Waals surface area contributed by atoms with Crippen molar-refractivity contribution in [2.24, 2.45) is 0 Å². The minimum atomic E-state index is 0.376. The van der Waals surface area contributed by atoms with Gasteiger partial charge in [-0.1, -0.05) is 42.0 Å². The van der Waals surface area contributed by atoms with Gasteiger partial charge >= 0.3 is 0 Å². The Morgan fingerprint density at radius 2 is 1.63 bits per heavy atom. The first-order valence-corrected chi connectivity index (χ1v) is 7.84. The molecule has 0 fully saturated rings. The largest absolute Gasteiger partial charge is 0.306 e. The van der Waals surface area contributed by atoms with Crippen molar-refractivity contribution in [2.45, 2.75) is 31.3 Å². The van der Waals surface area contributed by atoms with Crippen LogP contribution in [0.15, 0.2) is 53.4 Å². The number of nitrogens with one attached hydrogen (secondary N) is 1. The van der Waals surface area contributed by atoms with Gasteiger partial charge in [0.15, 0.2) is 0 Å². The highest BCUT2D eigenvalue weighted by Gasteiger charge is 2.04. The van der Waals surface area contributed by atoms with E-state index in [4.69, 9.17) is 0 Å². The lowest BCUT2D eigenvalue weighted by atomic mass is 10.1. The molecule has 0 aromatic heterocycles. The molecule has 2 rings (SSSR count). The summed E-state index contributed by atoms with van der Waals surface area (Å²) >= 11 is 1.78. The fourth-order valence-electron chi connectivity index (χ4n) is 1.99. The van der Waals surface area contributed by atoms with Crippen LogP contribution in [0, 0.1) is 6.92 Å². The second-order valence-electron chi connectivity index (χ2n) is 4.86. The SMILES string of the molecule is CSc1ccc(CNC(C)c2ccc(C)cc2)cc1. The summed E-state index contributed by atoms with van der Waals surface area (Å²) in [6.45, 7) is 5.24. The van der Waals surface area contributed by atoms with Crippen LogP contribution in [0.25, 0.3) is 0 Å². The van der Waals surface area contributed by atoms with E-state index in [9.17, 15) is 0 Å². The Bertz CT molecular complexity index is 502. The van der Waals surface area contributed by atoms with Gasteiger partial charge in [0.2, 0.25) is 0 Å². The molecule has 0 heterocycles. The Hall–Kier alpha value is -1.25. The fourth-order valence-corrected chi connectivity index (χ4v) is 2.40. The van der Waals surface area contributed by atoms with Crippen LogP contribution in [0.2, 0.25) is 0 Å². The molecule has 100 valence electrons. The molecule has 0 aliphatic heterocycles. The van der Waals surface area contributed by atoms with Gasteiger partial charge in [-0.15, -0.1) is 11.8 Å². The lowest BCUT2D eigenvalue weighted by molar-refractivity contribution is 0.574. The molecule has 19 heavy (non-hydrogen) atoms. The molecule has 2 heteroatoms. The predicted octanol–water partition coefficient (Wildman–Crippen LogP) is 4.57. The van der Waals surface area contributed by atoms with Crippen molar-refractivity contribution in [3.05, 3.63) is 65.2 Å². The third-order valence-electron chi connectivity index (χ3n) is 3.35. The molecule has 0 saturated carbocycles. The second kappa shape index (κ2) is 6.78. The van der Waals surface area contributed by atoms with Gasteiger partial charge in [0.25, 0.3) is 0 Å². The number of hydrogen-bond acceptors (Lipinski definition) is 2. The minimum absolute atomic E-state index is 0.376. The van der Waals surface area contributed by atoms with Crippen molar-refractivity contribution < 1.29 is 0 Å². The molecule has 0 aliphatic rings. The Balaban J connectivity index is 1.92. The minimum Gasteiger partial charge on any atom is -0.306 e. The summed E-state index contributed by atoms with van der Waals surface area (Å²) in [4.78, 5) is 1.32. The molecule has 0 bridgehead atoms. The molecule has 0 amide bonds. The van der Waals surface area contributed by atoms with Crippen LogP contribution in [0.3, 0.4) is 0 Å². The van der Waals surface area contributed by atoms with E-state index >= 15 is 0 Å². The number of benzene rings is 2. The molecular formula is C17H21NS. The van der Waals surface area contributed by atoms with Crippen LogP contribution < -0.4 is 5.32 Å². The molecule has 1 N–H and O–H groups in total. The first-order chi connectivity index (χ1) is 9.19. The van der Waals surface area contributed by atoms with Crippen molar-refractivity contribution >= 4 is 11.8 Å². The zero-order chi connectivity index (χ0) is 13.7. The summed E-state index contributed by atoms with van der Waals surface area (Å²) in [5.41, 5.74) is 3.98. The maximum atomic E-state index is 3.57. The van der Waals surface area contributed by atoms with Crippen molar-refractivity contribution in [3.8, 4) is 0 Å². The van der Waals surface area contributed by atoms with E-state index in [1.807, 2.05) is 0 Å². The highest BCUT2D eigenvalue weighted by Crippen LogP contribution is 2.16. The number of thioether (sulfide) groups is 1. The zero-order valence-corrected chi connectivity index (χ0v) is 12.6. The summed E-state index contributed by atoms with van der Waals surface area (Å²) in [6, 6.07) is 17.9. The first kappa shape index (κ1) is 14.2. The van der Waals surface area contributed by atoms with Gasteiger partial charge in [-0.05, 0) is 43.4 Å². The fraction of sp³-hybridized carbons (Fsp3) is 0.294. The van der Waals surface area contributed by atoms with Gasteiger partial charge in [0.1, 0.15) is 0 Å². The Labute approximate surface area is 120 Å². The van der Waals surface area contributed by atoms with Gasteiger partial charge < -0.3 is 5.32 Å². The van der Waals surface area contributed by atoms with E-state index in [-0.39, 0.29) is 0 Å². The lowest BCUT2D eigenvalue weighted by Crippen LogP contribution is -2.17. The van der Waals surface area contributed by atoms with Crippen molar-refractivity contribution in [1.29, 1.82) is 0 Å². The van der Waals surface area contributed by atoms with Crippen LogP contribution in [0.1, 0.15) is 29.7 Å². The summed E-state index contributed by atoms with van der Waals surface area (Å²) < 4.78 is 0. The molecule has 1 atom stereocenters. The van der Waals surface area contributed by atoms with Crippen LogP contribution >= 0.6 is 11.8 Å². The molecule has 1 nitrogen and oxygen atoms in total. The quantitative estimate of drug-likeness (QED) is 0.800. The highest BCUT2D eigenvalue weighted by atomic mass is 32.2. The number of hydrogen-bond donors (Lipinski definition) is 1. The van der Waals surface area contributed by atoms with E-state index in [1.165, 1.54) is 21.6 Å². The van der Waals surface area contributed by atoms with Gasteiger partial charge in [-0.2, -0.15) is 0 Å². The van der Waals surface area contributed by atoms with E-state index in [0.717, 1.165) is 6.54 Å². The topological polar surface area (TPSA) is 12.0 Å². The van der Waals surface area contributed by atoms with E-state index in [0.29, 0.717) is 6.04 Å². The highest BCUT2D eigenvalue weighted by molar-refractivity contribution is 7.98. The molecule has 0 radical (unpaired) electrons. The average molecular weight is 271 g/mol. The van der Waals surface area contributed by atoms with Crippen LogP contribution in [0.4, 0.5) is 0 Å². The molecule has 0 aliphatic carbocycles. The van der Waals surface area contributed by atoms with Crippen molar-refractivity contribution in [1.82, 2.24) is 5.32 Å². The monoisotopic (exact) mass is 271 g/mol. The van der Waals surface area contributed by atoms with Crippen LogP contribution in [-0.4, -0.2) is 6.26 Å². The predicted molar refractivity (Wildman–Crippen MR) is 84.7 cm³/mol. The third kappa shape index (κ3) is 4.12. The summed E-state index contributed by atoms with van der Waals surface area (Å²) in [6.07, 6.45) is 2.10. The smallest absolute Gasteiger partial charge is 0.0294 e. The summed E-state index contributed by atoms with van der Waals surface area (Å²) in [5.74, 6) is 0. The Morgan fingerprint density at radius 3 is 2.21 bits per heavy atom. The third-order valence-corrected chi connectivity index (χ3v) is 4.09. The molecule has 0 spiro atoms. The van der Waals surface area contributed by atoms with E-state index in [1.54, 1.807) is 11.8 Å². The standard InChI is InChI=1S/C17H21NS/c1-13-4-8-16(9-5-13)14(2)18-12-15-6-10-17(19-3)11-7-15/h4-11,14,18H,12H2,1-3H3. The number of aryl methyl sites for hydroxylation is 1. The Kier molecular flexibility index (Phi) is 5.06.